The van der Waals surface area contributed by atoms with Gasteiger partial charge in [0.05, 0.1) is 5.69 Å². The molecule has 0 saturated carbocycles. The van der Waals surface area contributed by atoms with Crippen molar-refractivity contribution in [1.82, 2.24) is 14.8 Å². The predicted molar refractivity (Wildman–Crippen MR) is 122 cm³/mol. The zero-order valence-corrected chi connectivity index (χ0v) is 18.6. The van der Waals surface area contributed by atoms with Gasteiger partial charge in [-0.15, -0.1) is 16.4 Å². The van der Waals surface area contributed by atoms with Crippen LogP contribution < -0.4 is 10.1 Å². The molecule has 0 fully saturated rings. The summed E-state index contributed by atoms with van der Waals surface area (Å²) in [6.07, 6.45) is 0. The van der Waals surface area contributed by atoms with Gasteiger partial charge in [0.2, 0.25) is 5.91 Å². The minimum Gasteiger partial charge on any atom is -0.484 e. The molecule has 2 heterocycles. The number of carbonyl (C=O) groups excluding carboxylic acids is 1. The fraction of sp³-hybridized carbons (Fsp3) is 0.182. The quantitative estimate of drug-likeness (QED) is 0.390. The van der Waals surface area contributed by atoms with E-state index < -0.39 is 0 Å². The van der Waals surface area contributed by atoms with Gasteiger partial charge in [0.15, 0.2) is 11.7 Å². The molecule has 0 bridgehead atoms. The number of aryl methyl sites for hydroxylation is 2. The van der Waals surface area contributed by atoms with Crippen molar-refractivity contribution in [2.24, 2.45) is 0 Å². The lowest BCUT2D eigenvalue weighted by Gasteiger charge is -2.03. The van der Waals surface area contributed by atoms with Gasteiger partial charge in [-0.25, -0.2) is 9.67 Å². The van der Waals surface area contributed by atoms with Gasteiger partial charge < -0.3 is 14.5 Å². The average molecular weight is 453 g/mol. The number of nitrogens with one attached hydrogen (secondary N) is 1. The second-order valence-electron chi connectivity index (χ2n) is 6.97. The van der Waals surface area contributed by atoms with Crippen LogP contribution in [0.15, 0.2) is 58.3 Å². The van der Waals surface area contributed by atoms with Crippen molar-refractivity contribution in [2.75, 3.05) is 5.32 Å². The van der Waals surface area contributed by atoms with Gasteiger partial charge in [-0.3, -0.25) is 4.79 Å². The Morgan fingerprint density at radius 2 is 1.81 bits per heavy atom. The molecule has 158 valence electrons. The Labute approximate surface area is 188 Å². The minimum atomic E-state index is -0.291. The third-order valence-electron chi connectivity index (χ3n) is 4.42. The lowest BCUT2D eigenvalue weighted by atomic mass is 10.1. The number of aromatic nitrogens is 3. The van der Waals surface area contributed by atoms with Gasteiger partial charge in [-0.1, -0.05) is 47.5 Å². The standard InChI is InChI=1S/C22H20N4O3S2/c1-14-3-7-16(8-4-14)18-13-31-21(23-18)24-19(27)11-26-22(30)29-20(25-26)12-28-17-9-5-15(2)6-10-17/h3-10,13H,11-12H2,1-2H3,(H,23,24,27). The summed E-state index contributed by atoms with van der Waals surface area (Å²) in [5.74, 6) is 0.710. The lowest BCUT2D eigenvalue weighted by molar-refractivity contribution is -0.117. The number of hydrogen-bond donors (Lipinski definition) is 1. The molecule has 0 unspecified atom stereocenters. The number of ether oxygens (including phenoxy) is 1. The van der Waals surface area contributed by atoms with E-state index in [0.717, 1.165) is 16.8 Å². The smallest absolute Gasteiger partial charge is 0.287 e. The van der Waals surface area contributed by atoms with Crippen LogP contribution >= 0.6 is 23.6 Å². The van der Waals surface area contributed by atoms with Crippen LogP contribution in [0.5, 0.6) is 5.75 Å². The zero-order valence-electron chi connectivity index (χ0n) is 17.0. The molecular formula is C22H20N4O3S2. The summed E-state index contributed by atoms with van der Waals surface area (Å²) in [7, 11) is 0. The molecule has 0 saturated heterocycles. The van der Waals surface area contributed by atoms with Gasteiger partial charge in [0.1, 0.15) is 12.3 Å². The lowest BCUT2D eigenvalue weighted by Crippen LogP contribution is -2.19. The van der Waals surface area contributed by atoms with Crippen LogP contribution in [0.25, 0.3) is 11.3 Å². The van der Waals surface area contributed by atoms with Crippen molar-refractivity contribution < 1.29 is 13.9 Å². The highest BCUT2D eigenvalue weighted by Crippen LogP contribution is 2.25. The van der Waals surface area contributed by atoms with E-state index in [2.05, 4.69) is 15.4 Å². The number of carbonyl (C=O) groups is 1. The van der Waals surface area contributed by atoms with E-state index in [4.69, 9.17) is 21.4 Å². The number of nitrogens with zero attached hydrogens (tertiary/aromatic N) is 3. The monoisotopic (exact) mass is 452 g/mol. The molecular weight excluding hydrogens is 432 g/mol. The van der Waals surface area contributed by atoms with E-state index >= 15 is 0 Å². The second kappa shape index (κ2) is 9.23. The number of amides is 1. The molecule has 4 aromatic rings. The van der Waals surface area contributed by atoms with Gasteiger partial charge in [0.25, 0.3) is 10.7 Å². The summed E-state index contributed by atoms with van der Waals surface area (Å²) in [5.41, 5.74) is 4.14. The van der Waals surface area contributed by atoms with Crippen molar-refractivity contribution in [3.05, 3.63) is 75.8 Å². The third kappa shape index (κ3) is 5.44. The summed E-state index contributed by atoms with van der Waals surface area (Å²) >= 11 is 6.53. The summed E-state index contributed by atoms with van der Waals surface area (Å²) in [6.45, 7) is 4.08. The van der Waals surface area contributed by atoms with Gasteiger partial charge in [-0.05, 0) is 38.2 Å². The van der Waals surface area contributed by atoms with E-state index in [1.165, 1.54) is 21.6 Å². The highest BCUT2D eigenvalue weighted by Gasteiger charge is 2.13. The molecule has 0 spiro atoms. The Kier molecular flexibility index (Phi) is 6.24. The summed E-state index contributed by atoms with van der Waals surface area (Å²) < 4.78 is 12.4. The van der Waals surface area contributed by atoms with Crippen molar-refractivity contribution in [1.29, 1.82) is 0 Å². The fourth-order valence-corrected chi connectivity index (χ4v) is 3.71. The van der Waals surface area contributed by atoms with E-state index in [0.29, 0.717) is 16.8 Å². The molecule has 0 radical (unpaired) electrons. The van der Waals surface area contributed by atoms with Gasteiger partial charge in [-0.2, -0.15) is 0 Å². The maximum absolute atomic E-state index is 12.4. The van der Waals surface area contributed by atoms with Crippen LogP contribution in [-0.4, -0.2) is 20.7 Å². The molecule has 9 heteroatoms. The normalized spacial score (nSPS) is 10.8. The van der Waals surface area contributed by atoms with Gasteiger partial charge in [0, 0.05) is 10.9 Å². The Morgan fingerprint density at radius 1 is 1.13 bits per heavy atom. The third-order valence-corrected chi connectivity index (χ3v) is 5.47. The molecule has 2 aromatic heterocycles. The molecule has 7 nitrogen and oxygen atoms in total. The van der Waals surface area contributed by atoms with Crippen LogP contribution in [0.2, 0.25) is 0 Å². The van der Waals surface area contributed by atoms with E-state index in [-0.39, 0.29) is 23.9 Å². The van der Waals surface area contributed by atoms with Crippen LogP contribution in [0, 0.1) is 18.7 Å². The van der Waals surface area contributed by atoms with Crippen molar-refractivity contribution in [3.8, 4) is 17.0 Å². The number of thiazole rings is 1. The molecule has 1 N–H and O–H groups in total. The molecule has 1 amide bonds. The molecule has 0 aliphatic rings. The first-order valence-electron chi connectivity index (χ1n) is 9.55. The Bertz CT molecular complexity index is 1240. The number of anilines is 1. The number of benzene rings is 2. The van der Waals surface area contributed by atoms with E-state index in [1.54, 1.807) is 0 Å². The predicted octanol–water partition coefficient (Wildman–Crippen LogP) is 5.16. The van der Waals surface area contributed by atoms with Crippen molar-refractivity contribution >= 4 is 34.6 Å². The second-order valence-corrected chi connectivity index (χ2v) is 8.18. The molecule has 0 atom stereocenters. The Balaban J connectivity index is 1.35. The SMILES string of the molecule is Cc1ccc(OCc2nn(CC(=O)Nc3nc(-c4ccc(C)cc4)cs3)c(=S)o2)cc1. The van der Waals surface area contributed by atoms with Crippen LogP contribution in [-0.2, 0) is 17.9 Å². The molecule has 31 heavy (non-hydrogen) atoms. The van der Waals surface area contributed by atoms with E-state index in [9.17, 15) is 4.79 Å². The fourth-order valence-electron chi connectivity index (χ4n) is 2.77. The summed E-state index contributed by atoms with van der Waals surface area (Å²) in [6, 6.07) is 15.7. The summed E-state index contributed by atoms with van der Waals surface area (Å²) in [4.78, 5) is 17.0. The van der Waals surface area contributed by atoms with E-state index in [1.807, 2.05) is 67.8 Å². The number of hydrogen-bond acceptors (Lipinski definition) is 7. The van der Waals surface area contributed by atoms with Crippen LogP contribution in [0.3, 0.4) is 0 Å². The first-order valence-corrected chi connectivity index (χ1v) is 10.8. The van der Waals surface area contributed by atoms with Crippen molar-refractivity contribution in [3.63, 3.8) is 0 Å². The minimum absolute atomic E-state index is 0.0771. The van der Waals surface area contributed by atoms with Crippen LogP contribution in [0.4, 0.5) is 5.13 Å². The molecule has 0 aliphatic carbocycles. The Hall–Kier alpha value is -3.30. The first-order chi connectivity index (χ1) is 15.0. The Morgan fingerprint density at radius 3 is 2.52 bits per heavy atom. The molecule has 2 aromatic carbocycles. The molecule has 0 aliphatic heterocycles. The highest BCUT2D eigenvalue weighted by molar-refractivity contribution is 7.71. The molecule has 4 rings (SSSR count). The number of rotatable bonds is 7. The first kappa shape index (κ1) is 21.0. The van der Waals surface area contributed by atoms with Gasteiger partial charge >= 0.3 is 0 Å². The average Bonchev–Trinajstić information content (AvgIpc) is 3.35. The highest BCUT2D eigenvalue weighted by atomic mass is 32.1. The maximum atomic E-state index is 12.4. The zero-order chi connectivity index (χ0) is 21.8. The largest absolute Gasteiger partial charge is 0.484 e. The summed E-state index contributed by atoms with van der Waals surface area (Å²) in [5, 5.41) is 9.43. The topological polar surface area (TPSA) is 82.2 Å². The van der Waals surface area contributed by atoms with Crippen molar-refractivity contribution in [2.45, 2.75) is 27.0 Å². The van der Waals surface area contributed by atoms with Crippen LogP contribution in [0.1, 0.15) is 17.0 Å². The maximum Gasteiger partial charge on any atom is 0.287 e.